The van der Waals surface area contributed by atoms with Gasteiger partial charge in [-0.1, -0.05) is 81.4 Å². The number of halogens is 1. The average Bonchev–Trinajstić information content (AvgIpc) is 3.38. The summed E-state index contributed by atoms with van der Waals surface area (Å²) in [5, 5.41) is 13.9. The Labute approximate surface area is 277 Å². The summed E-state index contributed by atoms with van der Waals surface area (Å²) < 4.78 is 26.7. The van der Waals surface area contributed by atoms with Crippen molar-refractivity contribution in [1.82, 2.24) is 5.32 Å². The highest BCUT2D eigenvalue weighted by Gasteiger charge is 2.25. The maximum atomic E-state index is 15.3. The maximum absolute atomic E-state index is 15.3. The molecule has 0 spiro atoms. The van der Waals surface area contributed by atoms with Gasteiger partial charge in [0.05, 0.1) is 0 Å². The third-order valence-corrected chi connectivity index (χ3v) is 8.71. The number of aliphatic carboxylic acids is 1. The second-order valence-corrected chi connectivity index (χ2v) is 14.5. The summed E-state index contributed by atoms with van der Waals surface area (Å²) in [5.74, 6) is -1.98. The van der Waals surface area contributed by atoms with Crippen molar-refractivity contribution >= 4 is 51.5 Å². The van der Waals surface area contributed by atoms with Crippen molar-refractivity contribution in [2.75, 3.05) is 5.75 Å². The van der Waals surface area contributed by atoms with E-state index in [2.05, 4.69) is 26.1 Å². The Hall–Kier alpha value is -4.63. The smallest absolute Gasteiger partial charge is 0.408 e. The monoisotopic (exact) mass is 655 g/mol. The summed E-state index contributed by atoms with van der Waals surface area (Å²) in [6.45, 7) is 11.4. The summed E-state index contributed by atoms with van der Waals surface area (Å²) in [5.41, 5.74) is 4.22. The number of carbonyl (C=O) groups excluding carboxylic acids is 2. The van der Waals surface area contributed by atoms with Crippen molar-refractivity contribution in [3.63, 3.8) is 0 Å². The van der Waals surface area contributed by atoms with Crippen LogP contribution in [0.25, 0.3) is 33.1 Å². The fraction of sp³-hybridized carbons (Fsp3) is 0.289. The molecule has 0 aliphatic heterocycles. The largest absolute Gasteiger partial charge is 0.480 e. The fourth-order valence-corrected chi connectivity index (χ4v) is 6.44. The highest BCUT2D eigenvalue weighted by molar-refractivity contribution is 7.98. The lowest BCUT2D eigenvalue weighted by atomic mass is 9.80. The van der Waals surface area contributed by atoms with Crippen molar-refractivity contribution < 1.29 is 33.0 Å². The number of ketones is 1. The van der Waals surface area contributed by atoms with Crippen LogP contribution in [0.2, 0.25) is 0 Å². The van der Waals surface area contributed by atoms with Crippen LogP contribution >= 0.6 is 11.8 Å². The number of carbonyl (C=O) groups is 3. The molecule has 1 aromatic heterocycles. The molecule has 0 aliphatic carbocycles. The average molecular weight is 656 g/mol. The number of ether oxygens (including phenoxy) is 1. The van der Waals surface area contributed by atoms with Gasteiger partial charge in [0.25, 0.3) is 0 Å². The lowest BCUT2D eigenvalue weighted by Crippen LogP contribution is -2.44. The Balaban J connectivity index is 1.38. The molecule has 1 unspecified atom stereocenters. The number of thioether (sulfide) groups is 1. The summed E-state index contributed by atoms with van der Waals surface area (Å²) in [6, 6.07) is 22.6. The topological polar surface area (TPSA) is 106 Å². The first-order chi connectivity index (χ1) is 22.1. The van der Waals surface area contributed by atoms with Gasteiger partial charge in [0.1, 0.15) is 28.6 Å². The molecule has 0 fully saturated rings. The van der Waals surface area contributed by atoms with Gasteiger partial charge in [0.15, 0.2) is 5.78 Å². The lowest BCUT2D eigenvalue weighted by Gasteiger charge is -2.24. The van der Waals surface area contributed by atoms with Crippen LogP contribution in [-0.2, 0) is 20.7 Å². The number of rotatable bonds is 9. The molecule has 7 nitrogen and oxygen atoms in total. The van der Waals surface area contributed by atoms with Crippen molar-refractivity contribution in [1.29, 1.82) is 0 Å². The highest BCUT2D eigenvalue weighted by Crippen LogP contribution is 2.40. The number of fused-ring (bicyclic) bond motifs is 3. The standard InChI is InChI=1S/C38H38FNO6S/c1-37(2,3)29-17-16-22(18-28(29)27-12-9-11-26-25-10-7-8-13-32(25)45-34(26)27)33(41)23-14-15-24(30(39)19-23)20-47-21-31(35(42)43)40-36(44)46-38(4,5)6/h7-19,31H,20-21H2,1-6H3,(H,40,44)(H,42,43). The fourth-order valence-electron chi connectivity index (χ4n) is 5.41. The van der Waals surface area contributed by atoms with Gasteiger partial charge >= 0.3 is 12.1 Å². The maximum Gasteiger partial charge on any atom is 0.408 e. The second-order valence-electron chi connectivity index (χ2n) is 13.5. The zero-order chi connectivity index (χ0) is 34.1. The predicted octanol–water partition coefficient (Wildman–Crippen LogP) is 9.13. The number of hydrogen-bond donors (Lipinski definition) is 2. The SMILES string of the molecule is CC(C)(C)OC(=O)NC(CSCc1ccc(C(=O)c2ccc(C(C)(C)C)c(-c3cccc4c3oc3ccccc34)c2)cc1F)C(=O)O. The van der Waals surface area contributed by atoms with E-state index in [4.69, 9.17) is 9.15 Å². The first-order valence-electron chi connectivity index (χ1n) is 15.3. The molecule has 0 saturated heterocycles. The third-order valence-electron chi connectivity index (χ3n) is 7.63. The number of para-hydroxylation sites is 2. The van der Waals surface area contributed by atoms with Gasteiger partial charge in [0.2, 0.25) is 0 Å². The zero-order valence-electron chi connectivity index (χ0n) is 27.3. The van der Waals surface area contributed by atoms with Crippen molar-refractivity contribution in [2.24, 2.45) is 0 Å². The molecule has 1 amide bonds. The van der Waals surface area contributed by atoms with Gasteiger partial charge in [-0.2, -0.15) is 11.8 Å². The third kappa shape index (κ3) is 7.68. The Kier molecular flexibility index (Phi) is 9.50. The van der Waals surface area contributed by atoms with E-state index in [0.717, 1.165) is 50.4 Å². The van der Waals surface area contributed by atoms with Crippen molar-refractivity contribution in [3.8, 4) is 11.1 Å². The van der Waals surface area contributed by atoms with Crippen LogP contribution in [0.15, 0.2) is 83.3 Å². The summed E-state index contributed by atoms with van der Waals surface area (Å²) in [6.07, 6.45) is -0.840. The normalized spacial score (nSPS) is 12.7. The number of carboxylic acid groups (broad SMARTS) is 1. The molecular weight excluding hydrogens is 617 g/mol. The summed E-state index contributed by atoms with van der Waals surface area (Å²) in [4.78, 5) is 37.4. The number of amides is 1. The van der Waals surface area contributed by atoms with Crippen LogP contribution in [0, 0.1) is 5.82 Å². The Bertz CT molecular complexity index is 1980. The van der Waals surface area contributed by atoms with Crippen LogP contribution in [-0.4, -0.2) is 40.3 Å². The molecule has 0 saturated carbocycles. The van der Waals surface area contributed by atoms with Gasteiger partial charge in [-0.25, -0.2) is 14.0 Å². The van der Waals surface area contributed by atoms with E-state index in [-0.39, 0.29) is 28.3 Å². The Morgan fingerprint density at radius 3 is 2.23 bits per heavy atom. The molecule has 1 heterocycles. The lowest BCUT2D eigenvalue weighted by molar-refractivity contribution is -0.138. The number of furan rings is 1. The molecule has 5 aromatic rings. The van der Waals surface area contributed by atoms with Gasteiger partial charge in [0, 0.05) is 39.0 Å². The summed E-state index contributed by atoms with van der Waals surface area (Å²) in [7, 11) is 0. The number of carboxylic acids is 1. The van der Waals surface area contributed by atoms with E-state index in [1.807, 2.05) is 54.6 Å². The molecule has 1 atom stereocenters. The first kappa shape index (κ1) is 33.7. The number of benzene rings is 4. The second kappa shape index (κ2) is 13.2. The molecule has 0 radical (unpaired) electrons. The molecule has 0 bridgehead atoms. The van der Waals surface area contributed by atoms with E-state index >= 15 is 4.39 Å². The van der Waals surface area contributed by atoms with E-state index in [9.17, 15) is 19.5 Å². The molecular formula is C38H38FNO6S. The van der Waals surface area contributed by atoms with E-state index in [0.29, 0.717) is 11.1 Å². The predicted molar refractivity (Wildman–Crippen MR) is 185 cm³/mol. The minimum Gasteiger partial charge on any atom is -0.480 e. The van der Waals surface area contributed by atoms with Gasteiger partial charge in [-0.05, 0) is 61.1 Å². The van der Waals surface area contributed by atoms with Gasteiger partial charge < -0.3 is 19.6 Å². The van der Waals surface area contributed by atoms with E-state index in [1.54, 1.807) is 32.9 Å². The molecule has 47 heavy (non-hydrogen) atoms. The van der Waals surface area contributed by atoms with Crippen molar-refractivity contribution in [2.45, 2.75) is 64.4 Å². The molecule has 244 valence electrons. The minimum absolute atomic E-state index is 0.00438. The van der Waals surface area contributed by atoms with E-state index < -0.39 is 29.5 Å². The number of nitrogens with one attached hydrogen (secondary N) is 1. The van der Waals surface area contributed by atoms with Crippen LogP contribution in [0.3, 0.4) is 0 Å². The van der Waals surface area contributed by atoms with Crippen LogP contribution in [0.1, 0.15) is 68.6 Å². The van der Waals surface area contributed by atoms with Crippen molar-refractivity contribution in [3.05, 3.63) is 107 Å². The molecule has 2 N–H and O–H groups in total. The number of alkyl carbamates (subject to hydrolysis) is 1. The highest BCUT2D eigenvalue weighted by atomic mass is 32.2. The molecule has 0 aliphatic rings. The zero-order valence-corrected chi connectivity index (χ0v) is 28.1. The van der Waals surface area contributed by atoms with E-state index in [1.165, 1.54) is 12.1 Å². The Morgan fingerprint density at radius 1 is 0.872 bits per heavy atom. The Morgan fingerprint density at radius 2 is 1.55 bits per heavy atom. The van der Waals surface area contributed by atoms with Gasteiger partial charge in [-0.15, -0.1) is 0 Å². The molecule has 9 heteroatoms. The minimum atomic E-state index is -1.22. The molecule has 4 aromatic carbocycles. The van der Waals surface area contributed by atoms with Gasteiger partial charge in [-0.3, -0.25) is 4.79 Å². The first-order valence-corrected chi connectivity index (χ1v) is 16.5. The van der Waals surface area contributed by atoms with Crippen LogP contribution < -0.4 is 5.32 Å². The quantitative estimate of drug-likeness (QED) is 0.153. The molecule has 5 rings (SSSR count). The number of hydrogen-bond acceptors (Lipinski definition) is 6. The van der Waals surface area contributed by atoms with Crippen LogP contribution in [0.5, 0.6) is 0 Å². The summed E-state index contributed by atoms with van der Waals surface area (Å²) >= 11 is 1.15. The van der Waals surface area contributed by atoms with Crippen LogP contribution in [0.4, 0.5) is 9.18 Å².